The molecule has 0 saturated carbocycles. The van der Waals surface area contributed by atoms with Crippen molar-refractivity contribution in [3.05, 3.63) is 132 Å². The van der Waals surface area contributed by atoms with Crippen molar-refractivity contribution < 1.29 is 18.6 Å². The summed E-state index contributed by atoms with van der Waals surface area (Å²) in [6, 6.07) is 39.9. The molecule has 0 spiro atoms. The predicted octanol–water partition coefficient (Wildman–Crippen LogP) is 6.11. The van der Waals surface area contributed by atoms with E-state index in [9.17, 15) is 0 Å². The van der Waals surface area contributed by atoms with Crippen molar-refractivity contribution in [3.8, 4) is 0 Å². The van der Waals surface area contributed by atoms with Crippen molar-refractivity contribution in [1.82, 2.24) is 0 Å². The fourth-order valence-electron chi connectivity index (χ4n) is 7.02. The Morgan fingerprint density at radius 3 is 1.11 bits per heavy atom. The van der Waals surface area contributed by atoms with E-state index in [1.165, 1.54) is 28.7 Å². The van der Waals surface area contributed by atoms with Crippen LogP contribution in [0.4, 0.5) is 0 Å². The Bertz CT molecular complexity index is 1690. The van der Waals surface area contributed by atoms with Crippen LogP contribution >= 0.6 is 0 Å². The average Bonchev–Trinajstić information content (AvgIpc) is 3.63. The maximum absolute atomic E-state index is 6.51. The van der Waals surface area contributed by atoms with Crippen LogP contribution in [0.1, 0.15) is 66.5 Å². The third-order valence-corrected chi connectivity index (χ3v) is 21.4. The molecule has 0 aliphatic carbocycles. The summed E-state index contributed by atoms with van der Waals surface area (Å²) in [6.07, 6.45) is 4.75. The molecule has 2 fully saturated rings. The second kappa shape index (κ2) is 11.5. The van der Waals surface area contributed by atoms with Crippen LogP contribution in [0.2, 0.25) is 0 Å². The fraction of sp³-hybridized carbons (Fsp3) is 0.300. The Hall–Kier alpha value is -3.13. The molecule has 238 valence electrons. The molecule has 4 nitrogen and oxygen atoms in total. The van der Waals surface area contributed by atoms with Crippen molar-refractivity contribution >= 4 is 56.0 Å². The molecule has 3 aliphatic rings. The monoisotopic (exact) mass is 684 g/mol. The zero-order valence-electron chi connectivity index (χ0n) is 28.8. The molecule has 3 heterocycles. The molecule has 7 heteroatoms. The van der Waals surface area contributed by atoms with E-state index in [4.69, 9.17) is 18.6 Å². The second-order valence-corrected chi connectivity index (χ2v) is 22.9. The molecule has 4 aromatic carbocycles. The second-order valence-electron chi connectivity index (χ2n) is 15.1. The normalized spacial score (nSPS) is 21.9. The third-order valence-electron chi connectivity index (χ3n) is 11.1. The molecule has 0 aromatic heterocycles. The molecule has 0 radical (unpaired) electrons. The van der Waals surface area contributed by atoms with Crippen LogP contribution < -0.4 is 19.7 Å². The first kappa shape index (κ1) is 32.4. The molecular formula is C40H44B2GeO4. The first-order chi connectivity index (χ1) is 22.3. The molecule has 0 bridgehead atoms. The Balaban J connectivity index is 1.37. The van der Waals surface area contributed by atoms with Crippen LogP contribution in [0.5, 0.6) is 0 Å². The Morgan fingerprint density at radius 2 is 0.766 bits per heavy atom. The third kappa shape index (κ3) is 5.33. The van der Waals surface area contributed by atoms with E-state index in [0.717, 1.165) is 10.9 Å². The van der Waals surface area contributed by atoms with Gasteiger partial charge >= 0.3 is 285 Å². The van der Waals surface area contributed by atoms with Gasteiger partial charge in [0.05, 0.1) is 0 Å². The van der Waals surface area contributed by atoms with E-state index >= 15 is 0 Å². The van der Waals surface area contributed by atoms with Crippen molar-refractivity contribution in [2.45, 2.75) is 77.8 Å². The molecule has 0 atom stereocenters. The van der Waals surface area contributed by atoms with E-state index in [-0.39, 0.29) is 0 Å². The SMILES string of the molecule is CC1(C)OB(c2cccc([C]3=CC=[C](c4cccc(B5OC(C)(C)C(C)(C)O5)c4)[Ge]3([c]3ccccc3)[c]3ccccc3)c2)OC1(C)C. The summed E-state index contributed by atoms with van der Waals surface area (Å²) in [5, 5.41) is 0. The van der Waals surface area contributed by atoms with Gasteiger partial charge in [0.2, 0.25) is 0 Å². The average molecular weight is 683 g/mol. The number of hydrogen-bond acceptors (Lipinski definition) is 4. The van der Waals surface area contributed by atoms with Crippen LogP contribution in [0.15, 0.2) is 121 Å². The van der Waals surface area contributed by atoms with Crippen LogP contribution in [-0.4, -0.2) is 49.9 Å². The molecule has 0 N–H and O–H groups in total. The Morgan fingerprint density at radius 1 is 0.426 bits per heavy atom. The van der Waals surface area contributed by atoms with E-state index in [1.54, 1.807) is 0 Å². The van der Waals surface area contributed by atoms with Gasteiger partial charge in [-0.2, -0.15) is 0 Å². The number of rotatable bonds is 6. The minimum atomic E-state index is -3.58. The zero-order chi connectivity index (χ0) is 33.2. The molecule has 3 aliphatic heterocycles. The standard InChI is InChI=1S/C40H44B2GeO4/c1-37(2)38(3,4)45-41(44-37)31-19-15-17-29(27-31)35-25-26-36(43(35,33-21-11-9-12-22-33)34-23-13-10-14-24-34)30-18-16-20-32(28-30)42-46-39(5,6)40(7,8)47-42/h9-28H,1-8H3. The molecule has 0 amide bonds. The number of hydrogen-bond donors (Lipinski definition) is 0. The van der Waals surface area contributed by atoms with Gasteiger partial charge in [-0.15, -0.1) is 0 Å². The van der Waals surface area contributed by atoms with Gasteiger partial charge in [0, 0.05) is 0 Å². The van der Waals surface area contributed by atoms with Gasteiger partial charge in [-0.25, -0.2) is 0 Å². The molecule has 47 heavy (non-hydrogen) atoms. The van der Waals surface area contributed by atoms with E-state index in [0.29, 0.717) is 0 Å². The van der Waals surface area contributed by atoms with Gasteiger partial charge in [0.15, 0.2) is 0 Å². The number of allylic oxidation sites excluding steroid dienone is 2. The molecule has 0 unspecified atom stereocenters. The van der Waals surface area contributed by atoms with Gasteiger partial charge < -0.3 is 0 Å². The van der Waals surface area contributed by atoms with Crippen molar-refractivity contribution in [1.29, 1.82) is 0 Å². The summed E-state index contributed by atoms with van der Waals surface area (Å²) in [5.41, 5.74) is 2.85. The van der Waals surface area contributed by atoms with E-state index in [2.05, 4.69) is 177 Å². The predicted molar refractivity (Wildman–Crippen MR) is 198 cm³/mol. The number of benzene rings is 4. The Labute approximate surface area is 283 Å². The summed E-state index contributed by atoms with van der Waals surface area (Å²) >= 11 is -3.58. The van der Waals surface area contributed by atoms with Crippen LogP contribution in [0.25, 0.3) is 8.81 Å². The zero-order valence-corrected chi connectivity index (χ0v) is 30.9. The fourth-order valence-corrected chi connectivity index (χ4v) is 17.7. The molecule has 2 saturated heterocycles. The van der Waals surface area contributed by atoms with Crippen LogP contribution in [0, 0.1) is 0 Å². The topological polar surface area (TPSA) is 36.9 Å². The first-order valence-electron chi connectivity index (χ1n) is 16.7. The Kier molecular flexibility index (Phi) is 7.93. The van der Waals surface area contributed by atoms with Gasteiger partial charge in [-0.3, -0.25) is 0 Å². The van der Waals surface area contributed by atoms with Crippen LogP contribution in [0.3, 0.4) is 0 Å². The molecule has 7 rings (SSSR count). The summed E-state index contributed by atoms with van der Waals surface area (Å²) in [4.78, 5) is 0. The molecule has 4 aromatic rings. The van der Waals surface area contributed by atoms with Crippen LogP contribution in [-0.2, 0) is 18.6 Å². The van der Waals surface area contributed by atoms with Gasteiger partial charge in [-0.1, -0.05) is 0 Å². The van der Waals surface area contributed by atoms with Gasteiger partial charge in [-0.05, 0) is 0 Å². The van der Waals surface area contributed by atoms with E-state index < -0.39 is 49.9 Å². The summed E-state index contributed by atoms with van der Waals surface area (Å²) in [5.74, 6) is 0. The van der Waals surface area contributed by atoms with Crippen molar-refractivity contribution in [2.75, 3.05) is 0 Å². The quantitative estimate of drug-likeness (QED) is 0.230. The summed E-state index contributed by atoms with van der Waals surface area (Å²) < 4.78 is 31.6. The van der Waals surface area contributed by atoms with Gasteiger partial charge in [0.1, 0.15) is 0 Å². The molecular weight excluding hydrogens is 639 g/mol. The minimum absolute atomic E-state index is 0.410. The van der Waals surface area contributed by atoms with Gasteiger partial charge in [0.25, 0.3) is 0 Å². The first-order valence-corrected chi connectivity index (χ1v) is 20.9. The summed E-state index contributed by atoms with van der Waals surface area (Å²) in [6.45, 7) is 16.9. The van der Waals surface area contributed by atoms with Crippen molar-refractivity contribution in [3.63, 3.8) is 0 Å². The maximum atomic E-state index is 6.51. The summed E-state index contributed by atoms with van der Waals surface area (Å²) in [7, 11) is -0.859. The van der Waals surface area contributed by atoms with E-state index in [1.807, 2.05) is 0 Å². The van der Waals surface area contributed by atoms with Crippen molar-refractivity contribution in [2.24, 2.45) is 0 Å².